The summed E-state index contributed by atoms with van der Waals surface area (Å²) >= 11 is 6.18. The van der Waals surface area contributed by atoms with Crippen molar-refractivity contribution in [1.82, 2.24) is 25.5 Å². The third-order valence-corrected chi connectivity index (χ3v) is 5.34. The van der Waals surface area contributed by atoms with E-state index in [0.717, 1.165) is 36.0 Å². The van der Waals surface area contributed by atoms with Crippen molar-refractivity contribution in [2.75, 3.05) is 51.2 Å². The van der Waals surface area contributed by atoms with Gasteiger partial charge in [0.05, 0.1) is 0 Å². The standard InChI is InChI=1S/C21H28ClN7O.HI/c1-23-20(24-11-7-17-5-2-3-6-18(17)22)25-12-8-19(30)28-13-15-29(16-14-28)21-26-9-4-10-27-21;/h2-6,9-10H,7-8,11-16H2,1H3,(H2,23,24,25);1H. The number of benzene rings is 1. The van der Waals surface area contributed by atoms with E-state index in [2.05, 4.69) is 30.5 Å². The molecule has 8 nitrogen and oxygen atoms in total. The Bertz CT molecular complexity index is 845. The van der Waals surface area contributed by atoms with Crippen molar-refractivity contribution in [2.24, 2.45) is 4.99 Å². The maximum atomic E-state index is 12.5. The highest BCUT2D eigenvalue weighted by atomic mass is 127. The number of anilines is 1. The Morgan fingerprint density at radius 2 is 1.74 bits per heavy atom. The van der Waals surface area contributed by atoms with Gasteiger partial charge in [0.25, 0.3) is 0 Å². The van der Waals surface area contributed by atoms with E-state index in [4.69, 9.17) is 11.6 Å². The van der Waals surface area contributed by atoms with E-state index in [1.807, 2.05) is 29.2 Å². The van der Waals surface area contributed by atoms with Gasteiger partial charge in [-0.2, -0.15) is 0 Å². The first-order valence-corrected chi connectivity index (χ1v) is 10.5. The minimum atomic E-state index is 0. The molecule has 31 heavy (non-hydrogen) atoms. The Hall–Kier alpha value is -2.14. The van der Waals surface area contributed by atoms with Crippen LogP contribution in [0.3, 0.4) is 0 Å². The first kappa shape index (κ1) is 25.1. The zero-order valence-electron chi connectivity index (χ0n) is 17.6. The Labute approximate surface area is 205 Å². The molecule has 0 saturated carbocycles. The van der Waals surface area contributed by atoms with Crippen LogP contribution in [-0.2, 0) is 11.2 Å². The molecule has 1 fully saturated rings. The molecule has 1 aliphatic rings. The number of hydrogen-bond donors (Lipinski definition) is 2. The van der Waals surface area contributed by atoms with Gasteiger partial charge in [0.1, 0.15) is 0 Å². The molecule has 10 heteroatoms. The second-order valence-corrected chi connectivity index (χ2v) is 7.34. The number of halogens is 2. The molecule has 0 bridgehead atoms. The molecule has 168 valence electrons. The average Bonchev–Trinajstić information content (AvgIpc) is 2.80. The normalized spacial score (nSPS) is 14.1. The molecule has 0 radical (unpaired) electrons. The van der Waals surface area contributed by atoms with Crippen LogP contribution in [0.25, 0.3) is 0 Å². The van der Waals surface area contributed by atoms with Gasteiger partial charge in [0.2, 0.25) is 11.9 Å². The third-order valence-electron chi connectivity index (χ3n) is 4.97. The molecule has 1 aliphatic heterocycles. The maximum absolute atomic E-state index is 12.5. The van der Waals surface area contributed by atoms with E-state index in [1.165, 1.54) is 0 Å². The van der Waals surface area contributed by atoms with Crippen LogP contribution in [-0.4, -0.2) is 73.1 Å². The van der Waals surface area contributed by atoms with E-state index < -0.39 is 0 Å². The van der Waals surface area contributed by atoms with Crippen molar-refractivity contribution in [3.8, 4) is 0 Å². The Kier molecular flexibility index (Phi) is 10.8. The number of aromatic nitrogens is 2. The molecule has 1 aromatic carbocycles. The number of rotatable bonds is 7. The fourth-order valence-corrected chi connectivity index (χ4v) is 3.52. The number of carbonyl (C=O) groups excluding carboxylic acids is 1. The SMILES string of the molecule is CN=C(NCCC(=O)N1CCN(c2ncccn2)CC1)NCCc1ccccc1Cl.I. The molecule has 2 aromatic rings. The van der Waals surface area contributed by atoms with Crippen molar-refractivity contribution < 1.29 is 4.79 Å². The lowest BCUT2D eigenvalue weighted by molar-refractivity contribution is -0.131. The second-order valence-electron chi connectivity index (χ2n) is 6.93. The summed E-state index contributed by atoms with van der Waals surface area (Å²) in [7, 11) is 1.72. The van der Waals surface area contributed by atoms with Crippen LogP contribution in [0.1, 0.15) is 12.0 Å². The van der Waals surface area contributed by atoms with Gasteiger partial charge in [-0.05, 0) is 24.1 Å². The summed E-state index contributed by atoms with van der Waals surface area (Å²) in [6, 6.07) is 9.61. The van der Waals surface area contributed by atoms with Crippen LogP contribution >= 0.6 is 35.6 Å². The number of guanidine groups is 1. The van der Waals surface area contributed by atoms with E-state index in [-0.39, 0.29) is 29.9 Å². The molecule has 1 aromatic heterocycles. The van der Waals surface area contributed by atoms with Gasteiger partial charge < -0.3 is 20.4 Å². The minimum Gasteiger partial charge on any atom is -0.356 e. The van der Waals surface area contributed by atoms with Crippen LogP contribution in [0, 0.1) is 0 Å². The number of carbonyl (C=O) groups is 1. The minimum absolute atomic E-state index is 0. The molecule has 3 rings (SSSR count). The number of hydrogen-bond acceptors (Lipinski definition) is 5. The number of nitrogens with one attached hydrogen (secondary N) is 2. The molecule has 1 saturated heterocycles. The van der Waals surface area contributed by atoms with Gasteiger partial charge >= 0.3 is 0 Å². The van der Waals surface area contributed by atoms with E-state index in [0.29, 0.717) is 38.6 Å². The summed E-state index contributed by atoms with van der Waals surface area (Å²) in [6.07, 6.45) is 4.70. The quantitative estimate of drug-likeness (QED) is 0.309. The number of piperazine rings is 1. The zero-order chi connectivity index (χ0) is 21.2. The average molecular weight is 558 g/mol. The molecule has 1 amide bonds. The van der Waals surface area contributed by atoms with Crippen molar-refractivity contribution >= 4 is 53.4 Å². The fraction of sp³-hybridized carbons (Fsp3) is 0.429. The van der Waals surface area contributed by atoms with Gasteiger partial charge in [-0.1, -0.05) is 29.8 Å². The van der Waals surface area contributed by atoms with Crippen molar-refractivity contribution in [1.29, 1.82) is 0 Å². The summed E-state index contributed by atoms with van der Waals surface area (Å²) in [5.74, 6) is 1.54. The molecule has 2 N–H and O–H groups in total. The first-order valence-electron chi connectivity index (χ1n) is 10.1. The van der Waals surface area contributed by atoms with Gasteiger partial charge in [-0.3, -0.25) is 9.79 Å². The first-order chi connectivity index (χ1) is 14.7. The van der Waals surface area contributed by atoms with Crippen LogP contribution < -0.4 is 15.5 Å². The molecule has 2 heterocycles. The smallest absolute Gasteiger partial charge is 0.225 e. The zero-order valence-corrected chi connectivity index (χ0v) is 20.7. The van der Waals surface area contributed by atoms with Crippen LogP contribution in [0.2, 0.25) is 5.02 Å². The van der Waals surface area contributed by atoms with E-state index >= 15 is 0 Å². The predicted molar refractivity (Wildman–Crippen MR) is 135 cm³/mol. The third kappa shape index (κ3) is 7.80. The van der Waals surface area contributed by atoms with Crippen molar-refractivity contribution in [3.63, 3.8) is 0 Å². The Morgan fingerprint density at radius 1 is 1.06 bits per heavy atom. The summed E-state index contributed by atoms with van der Waals surface area (Å²) < 4.78 is 0. The number of amides is 1. The summed E-state index contributed by atoms with van der Waals surface area (Å²) in [5, 5.41) is 7.23. The molecule has 0 spiro atoms. The molecule has 0 atom stereocenters. The monoisotopic (exact) mass is 557 g/mol. The van der Waals surface area contributed by atoms with Gasteiger partial charge in [0, 0.05) is 70.2 Å². The highest BCUT2D eigenvalue weighted by molar-refractivity contribution is 14.0. The predicted octanol–water partition coefficient (Wildman–Crippen LogP) is 2.19. The Balaban J connectivity index is 0.00000341. The van der Waals surface area contributed by atoms with Crippen molar-refractivity contribution in [3.05, 3.63) is 53.3 Å². The molecular weight excluding hydrogens is 529 g/mol. The lowest BCUT2D eigenvalue weighted by Crippen LogP contribution is -2.50. The Morgan fingerprint density at radius 3 is 2.42 bits per heavy atom. The van der Waals surface area contributed by atoms with Gasteiger partial charge in [-0.15, -0.1) is 24.0 Å². The molecular formula is C21H29ClIN7O. The molecule has 0 unspecified atom stereocenters. The van der Waals surface area contributed by atoms with Gasteiger partial charge in [0.15, 0.2) is 5.96 Å². The summed E-state index contributed by atoms with van der Waals surface area (Å²) in [4.78, 5) is 29.3. The number of aliphatic imine (C=N–C) groups is 1. The highest BCUT2D eigenvalue weighted by Gasteiger charge is 2.22. The van der Waals surface area contributed by atoms with E-state index in [1.54, 1.807) is 25.5 Å². The molecule has 0 aliphatic carbocycles. The van der Waals surface area contributed by atoms with Gasteiger partial charge in [-0.25, -0.2) is 9.97 Å². The highest BCUT2D eigenvalue weighted by Crippen LogP contribution is 2.14. The number of nitrogens with zero attached hydrogens (tertiary/aromatic N) is 5. The second kappa shape index (κ2) is 13.3. The lowest BCUT2D eigenvalue weighted by atomic mass is 10.1. The largest absolute Gasteiger partial charge is 0.356 e. The summed E-state index contributed by atoms with van der Waals surface area (Å²) in [5.41, 5.74) is 1.09. The fourth-order valence-electron chi connectivity index (χ4n) is 3.29. The van der Waals surface area contributed by atoms with Crippen molar-refractivity contribution in [2.45, 2.75) is 12.8 Å². The van der Waals surface area contributed by atoms with Crippen LogP contribution in [0.5, 0.6) is 0 Å². The van der Waals surface area contributed by atoms with Crippen LogP contribution in [0.15, 0.2) is 47.7 Å². The van der Waals surface area contributed by atoms with Crippen LogP contribution in [0.4, 0.5) is 5.95 Å². The van der Waals surface area contributed by atoms with E-state index in [9.17, 15) is 4.79 Å². The maximum Gasteiger partial charge on any atom is 0.225 e. The summed E-state index contributed by atoms with van der Waals surface area (Å²) in [6.45, 7) is 4.10. The lowest BCUT2D eigenvalue weighted by Gasteiger charge is -2.34. The topological polar surface area (TPSA) is 85.8 Å².